The van der Waals surface area contributed by atoms with Gasteiger partial charge in [0.25, 0.3) is 11.8 Å². The second-order valence-corrected chi connectivity index (χ2v) is 7.03. The van der Waals surface area contributed by atoms with E-state index in [0.29, 0.717) is 24.5 Å². The summed E-state index contributed by atoms with van der Waals surface area (Å²) < 4.78 is 1.62. The van der Waals surface area contributed by atoms with Gasteiger partial charge in [0, 0.05) is 30.7 Å². The molecule has 0 unspecified atom stereocenters. The van der Waals surface area contributed by atoms with Crippen LogP contribution in [0, 0.1) is 6.92 Å². The third kappa shape index (κ3) is 3.92. The molecule has 2 heterocycles. The normalized spacial score (nSPS) is 15.3. The lowest BCUT2D eigenvalue weighted by Crippen LogP contribution is -2.47. The maximum atomic E-state index is 12.6. The van der Waals surface area contributed by atoms with Crippen LogP contribution in [0.1, 0.15) is 59.3 Å². The van der Waals surface area contributed by atoms with E-state index in [4.69, 9.17) is 0 Å². The molecule has 7 heteroatoms. The highest BCUT2D eigenvalue weighted by Gasteiger charge is 2.26. The highest BCUT2D eigenvalue weighted by atomic mass is 16.2. The number of hydrogen-bond donors (Lipinski definition) is 1. The maximum Gasteiger partial charge on any atom is 0.289 e. The Morgan fingerprint density at radius 2 is 1.81 bits per heavy atom. The average molecular weight is 355 g/mol. The number of likely N-dealkylation sites (tertiary alicyclic amines) is 1. The van der Waals surface area contributed by atoms with Gasteiger partial charge in [0.05, 0.1) is 0 Å². The van der Waals surface area contributed by atoms with Crippen molar-refractivity contribution in [3.05, 3.63) is 47.5 Å². The van der Waals surface area contributed by atoms with Crippen molar-refractivity contribution in [2.75, 3.05) is 13.1 Å². The Hall–Kier alpha value is -2.70. The minimum absolute atomic E-state index is 0.0434. The van der Waals surface area contributed by atoms with Gasteiger partial charge in [0.1, 0.15) is 6.33 Å². The monoisotopic (exact) mass is 355 g/mol. The molecule has 0 spiro atoms. The van der Waals surface area contributed by atoms with Crippen LogP contribution in [0.25, 0.3) is 0 Å². The van der Waals surface area contributed by atoms with Crippen molar-refractivity contribution in [3.63, 3.8) is 0 Å². The van der Waals surface area contributed by atoms with Crippen LogP contribution < -0.4 is 5.32 Å². The van der Waals surface area contributed by atoms with Crippen molar-refractivity contribution < 1.29 is 9.59 Å². The minimum Gasteiger partial charge on any atom is -0.346 e. The standard InChI is InChI=1S/C19H25N5O2/c1-13(2)24-17(20-12-21-24)18(25)22-16-8-10-23(11-9-16)19(26)15-6-4-14(3)5-7-15/h4-7,12-13,16H,8-11H2,1-3H3,(H,22,25). The van der Waals surface area contributed by atoms with Crippen LogP contribution in [0.3, 0.4) is 0 Å². The number of nitrogens with zero attached hydrogens (tertiary/aromatic N) is 4. The fraction of sp³-hybridized carbons (Fsp3) is 0.474. The van der Waals surface area contributed by atoms with E-state index >= 15 is 0 Å². The van der Waals surface area contributed by atoms with Crippen molar-refractivity contribution in [2.24, 2.45) is 0 Å². The highest BCUT2D eigenvalue weighted by Crippen LogP contribution is 2.15. The van der Waals surface area contributed by atoms with E-state index in [1.807, 2.05) is 49.9 Å². The van der Waals surface area contributed by atoms with Crippen molar-refractivity contribution >= 4 is 11.8 Å². The van der Waals surface area contributed by atoms with Gasteiger partial charge in [-0.3, -0.25) is 9.59 Å². The summed E-state index contributed by atoms with van der Waals surface area (Å²) in [6.07, 6.45) is 2.87. The molecule has 7 nitrogen and oxygen atoms in total. The van der Waals surface area contributed by atoms with Crippen molar-refractivity contribution in [2.45, 2.75) is 45.7 Å². The Labute approximate surface area is 153 Å². The molecule has 1 N–H and O–H groups in total. The van der Waals surface area contributed by atoms with E-state index in [1.165, 1.54) is 6.33 Å². The fourth-order valence-corrected chi connectivity index (χ4v) is 3.15. The fourth-order valence-electron chi connectivity index (χ4n) is 3.15. The smallest absolute Gasteiger partial charge is 0.289 e. The first-order valence-electron chi connectivity index (χ1n) is 9.02. The van der Waals surface area contributed by atoms with Gasteiger partial charge in [-0.05, 0) is 45.7 Å². The summed E-state index contributed by atoms with van der Waals surface area (Å²) >= 11 is 0. The van der Waals surface area contributed by atoms with Crippen LogP contribution in [-0.2, 0) is 0 Å². The zero-order valence-electron chi connectivity index (χ0n) is 15.5. The summed E-state index contributed by atoms with van der Waals surface area (Å²) in [5.41, 5.74) is 1.85. The Morgan fingerprint density at radius 3 is 2.42 bits per heavy atom. The van der Waals surface area contributed by atoms with Crippen molar-refractivity contribution in [3.8, 4) is 0 Å². The summed E-state index contributed by atoms with van der Waals surface area (Å²) in [6.45, 7) is 7.19. The number of benzene rings is 1. The first-order valence-corrected chi connectivity index (χ1v) is 9.02. The maximum absolute atomic E-state index is 12.6. The van der Waals surface area contributed by atoms with Crippen molar-refractivity contribution in [1.29, 1.82) is 0 Å². The van der Waals surface area contributed by atoms with Crippen LogP contribution in [0.2, 0.25) is 0 Å². The quantitative estimate of drug-likeness (QED) is 0.912. The number of carbonyl (C=O) groups excluding carboxylic acids is 2. The SMILES string of the molecule is Cc1ccc(C(=O)N2CCC(NC(=O)c3ncnn3C(C)C)CC2)cc1. The van der Waals surface area contributed by atoms with E-state index in [0.717, 1.165) is 18.4 Å². The lowest BCUT2D eigenvalue weighted by Gasteiger charge is -2.32. The molecule has 1 aromatic carbocycles. The number of rotatable bonds is 4. The molecule has 1 aliphatic rings. The summed E-state index contributed by atoms with van der Waals surface area (Å²) in [7, 11) is 0. The van der Waals surface area contributed by atoms with Crippen LogP contribution in [0.15, 0.2) is 30.6 Å². The van der Waals surface area contributed by atoms with E-state index in [1.54, 1.807) is 4.68 Å². The van der Waals surface area contributed by atoms with Crippen LogP contribution in [-0.4, -0.2) is 50.6 Å². The summed E-state index contributed by atoms with van der Waals surface area (Å²) in [4.78, 5) is 30.9. The highest BCUT2D eigenvalue weighted by molar-refractivity contribution is 5.94. The zero-order chi connectivity index (χ0) is 18.7. The number of aryl methyl sites for hydroxylation is 1. The van der Waals surface area contributed by atoms with Gasteiger partial charge < -0.3 is 10.2 Å². The molecule has 26 heavy (non-hydrogen) atoms. The van der Waals surface area contributed by atoms with Gasteiger partial charge in [-0.15, -0.1) is 0 Å². The van der Waals surface area contributed by atoms with Gasteiger partial charge in [-0.25, -0.2) is 9.67 Å². The number of nitrogens with one attached hydrogen (secondary N) is 1. The molecular formula is C19H25N5O2. The van der Waals surface area contributed by atoms with Crippen molar-refractivity contribution in [1.82, 2.24) is 25.0 Å². The largest absolute Gasteiger partial charge is 0.346 e. The Balaban J connectivity index is 1.55. The predicted octanol–water partition coefficient (Wildman–Crippen LogP) is 2.20. The Bertz CT molecular complexity index is 773. The third-order valence-electron chi connectivity index (χ3n) is 4.68. The molecule has 0 saturated carbocycles. The molecule has 2 aromatic rings. The summed E-state index contributed by atoms with van der Waals surface area (Å²) in [5.74, 6) is 0.173. The number of aromatic nitrogens is 3. The van der Waals surface area contributed by atoms with E-state index in [-0.39, 0.29) is 23.9 Å². The second kappa shape index (κ2) is 7.68. The van der Waals surface area contributed by atoms with E-state index in [2.05, 4.69) is 15.4 Å². The molecule has 0 radical (unpaired) electrons. The van der Waals surface area contributed by atoms with Gasteiger partial charge in [-0.1, -0.05) is 17.7 Å². The predicted molar refractivity (Wildman–Crippen MR) is 98.0 cm³/mol. The van der Waals surface area contributed by atoms with E-state index in [9.17, 15) is 9.59 Å². The molecule has 1 aliphatic heterocycles. The third-order valence-corrected chi connectivity index (χ3v) is 4.68. The number of carbonyl (C=O) groups is 2. The molecule has 0 atom stereocenters. The first-order chi connectivity index (χ1) is 12.5. The summed E-state index contributed by atoms with van der Waals surface area (Å²) in [6, 6.07) is 7.75. The average Bonchev–Trinajstić information content (AvgIpc) is 3.13. The number of amides is 2. The molecule has 0 aliphatic carbocycles. The van der Waals surface area contributed by atoms with Crippen LogP contribution in [0.5, 0.6) is 0 Å². The van der Waals surface area contributed by atoms with Gasteiger partial charge in [0.15, 0.2) is 0 Å². The zero-order valence-corrected chi connectivity index (χ0v) is 15.5. The topological polar surface area (TPSA) is 80.1 Å². The summed E-state index contributed by atoms with van der Waals surface area (Å²) in [5, 5.41) is 7.12. The lowest BCUT2D eigenvalue weighted by molar-refractivity contribution is 0.0696. The van der Waals surface area contributed by atoms with Crippen LogP contribution >= 0.6 is 0 Å². The van der Waals surface area contributed by atoms with Gasteiger partial charge in [0.2, 0.25) is 5.82 Å². The Kier molecular flexibility index (Phi) is 5.35. The van der Waals surface area contributed by atoms with Crippen LogP contribution in [0.4, 0.5) is 0 Å². The number of hydrogen-bond acceptors (Lipinski definition) is 4. The first kappa shape index (κ1) is 18.1. The lowest BCUT2D eigenvalue weighted by atomic mass is 10.0. The van der Waals surface area contributed by atoms with Gasteiger partial charge in [-0.2, -0.15) is 5.10 Å². The molecule has 0 bridgehead atoms. The molecule has 2 amide bonds. The minimum atomic E-state index is -0.209. The number of piperidine rings is 1. The second-order valence-electron chi connectivity index (χ2n) is 7.03. The molecule has 3 rings (SSSR count). The van der Waals surface area contributed by atoms with E-state index < -0.39 is 0 Å². The molecule has 1 fully saturated rings. The Morgan fingerprint density at radius 1 is 1.15 bits per heavy atom. The van der Waals surface area contributed by atoms with Gasteiger partial charge >= 0.3 is 0 Å². The molecule has 1 saturated heterocycles. The molecule has 138 valence electrons. The molecular weight excluding hydrogens is 330 g/mol. The molecule has 1 aromatic heterocycles.